The van der Waals surface area contributed by atoms with E-state index in [2.05, 4.69) is 30.6 Å². The maximum Gasteiger partial charge on any atom is 0.0858 e. The molecule has 0 aromatic heterocycles. The van der Waals surface area contributed by atoms with Crippen LogP contribution in [-0.4, -0.2) is 34.6 Å². The molecule has 0 aliphatic carbocycles. The van der Waals surface area contributed by atoms with Crippen LogP contribution in [0.3, 0.4) is 0 Å². The number of aliphatic imine (C=N–C) groups is 1. The summed E-state index contributed by atoms with van der Waals surface area (Å²) in [5.74, 6) is 0. The minimum Gasteiger partial charge on any atom is -0.456 e. The van der Waals surface area contributed by atoms with Crippen LogP contribution in [0.15, 0.2) is 34.4 Å². The van der Waals surface area contributed by atoms with Crippen molar-refractivity contribution in [1.29, 1.82) is 0 Å². The Balaban J connectivity index is 0.00000200. The number of hydrogen-bond acceptors (Lipinski definition) is 4. The molecule has 1 aliphatic heterocycles. The molecule has 0 spiro atoms. The Kier molecular flexibility index (Phi) is 7.44. The van der Waals surface area contributed by atoms with Crippen molar-refractivity contribution in [3.63, 3.8) is 0 Å². The molecule has 1 aliphatic rings. The van der Waals surface area contributed by atoms with E-state index < -0.39 is 0 Å². The summed E-state index contributed by atoms with van der Waals surface area (Å²) >= 11 is 0. The molecule has 1 aromatic carbocycles. The van der Waals surface area contributed by atoms with Gasteiger partial charge in [0.1, 0.15) is 0 Å². The van der Waals surface area contributed by atoms with E-state index in [1.807, 2.05) is 24.3 Å². The fraction of sp³-hybridized carbons (Fsp3) is 0.400. The average Bonchev–Trinajstić information content (AvgIpc) is 2.43. The predicted molar refractivity (Wildman–Crippen MR) is 78.3 cm³/mol. The summed E-state index contributed by atoms with van der Waals surface area (Å²) in [7, 11) is 2.10. The van der Waals surface area contributed by atoms with Gasteiger partial charge >= 0.3 is 0 Å². The second-order valence-electron chi connectivity index (χ2n) is 4.99. The van der Waals surface area contributed by atoms with E-state index >= 15 is 0 Å². The first-order valence-corrected chi connectivity index (χ1v) is 6.51. The molecule has 1 unspecified atom stereocenters. The monoisotopic (exact) mass is 432 g/mol. The van der Waals surface area contributed by atoms with Crippen LogP contribution in [0.4, 0.5) is 5.69 Å². The summed E-state index contributed by atoms with van der Waals surface area (Å²) in [6.45, 7) is 6.14. The second-order valence-corrected chi connectivity index (χ2v) is 4.99. The minimum absolute atomic E-state index is 0. The van der Waals surface area contributed by atoms with Crippen molar-refractivity contribution in [2.75, 3.05) is 7.05 Å². The number of nitrogens with zero attached hydrogens (tertiary/aromatic N) is 3. The molecule has 1 saturated heterocycles. The summed E-state index contributed by atoms with van der Waals surface area (Å²) in [4.78, 5) is 6.97. The fourth-order valence-electron chi connectivity index (χ4n) is 2.19. The minimum atomic E-state index is 0. The van der Waals surface area contributed by atoms with Gasteiger partial charge in [0, 0.05) is 52.5 Å². The van der Waals surface area contributed by atoms with Crippen LogP contribution in [0.25, 0.3) is 0 Å². The first kappa shape index (κ1) is 17.9. The molecule has 5 heteroatoms. The molecule has 1 atom stereocenters. The Bertz CT molecular complexity index is 514. The van der Waals surface area contributed by atoms with Crippen molar-refractivity contribution in [2.45, 2.75) is 32.7 Å². The molecule has 1 fully saturated rings. The van der Waals surface area contributed by atoms with E-state index in [1.165, 1.54) is 5.71 Å². The second kappa shape index (κ2) is 8.32. The van der Waals surface area contributed by atoms with Gasteiger partial charge in [-0.05, 0) is 38.2 Å². The average molecular weight is 431 g/mol. The van der Waals surface area contributed by atoms with E-state index in [0.29, 0.717) is 11.8 Å². The van der Waals surface area contributed by atoms with Crippen LogP contribution in [0.1, 0.15) is 32.3 Å². The van der Waals surface area contributed by atoms with Crippen LogP contribution in [0.5, 0.6) is 0 Å². The molecule has 4 nitrogen and oxygen atoms in total. The van der Waals surface area contributed by atoms with Gasteiger partial charge in [-0.15, -0.1) is 6.42 Å². The molecule has 1 N–H and O–H groups in total. The number of piperidine rings is 1. The molecule has 116 valence electrons. The van der Waals surface area contributed by atoms with Crippen molar-refractivity contribution in [3.8, 4) is 0 Å². The van der Waals surface area contributed by atoms with Crippen molar-refractivity contribution in [3.05, 3.63) is 36.4 Å². The van der Waals surface area contributed by atoms with Gasteiger partial charge in [0.05, 0.1) is 11.4 Å². The smallest absolute Gasteiger partial charge is 0.0858 e. The molecular formula is C15H20N3OYb-. The maximum absolute atomic E-state index is 8.92. The van der Waals surface area contributed by atoms with Crippen molar-refractivity contribution in [1.82, 2.24) is 4.90 Å². The fourth-order valence-corrected chi connectivity index (χ4v) is 2.19. The van der Waals surface area contributed by atoms with E-state index in [0.717, 1.165) is 24.1 Å². The third-order valence-corrected chi connectivity index (χ3v) is 3.56. The van der Waals surface area contributed by atoms with E-state index in [9.17, 15) is 0 Å². The van der Waals surface area contributed by atoms with Crippen LogP contribution in [0.2, 0.25) is 0 Å². The summed E-state index contributed by atoms with van der Waals surface area (Å²) in [5, 5.41) is 12.2. The number of para-hydroxylation sites is 1. The summed E-state index contributed by atoms with van der Waals surface area (Å²) in [5.41, 5.74) is 3.51. The molecular weight excluding hydrogens is 411 g/mol. The molecule has 20 heavy (non-hydrogen) atoms. The standard InChI is InChI=1S/C15H20N3O.Yb/c1-11-10-13(8-9-18(11)3)16-15-7-5-4-6-14(15)12(2)17-19;/h4-7,9,11,19H,8,10H2,1-3H3;/q-1;/b16-13?,17-12+;. The van der Waals surface area contributed by atoms with Gasteiger partial charge in [0.15, 0.2) is 0 Å². The van der Waals surface area contributed by atoms with Crippen LogP contribution >= 0.6 is 0 Å². The Morgan fingerprint density at radius 1 is 1.40 bits per heavy atom. The van der Waals surface area contributed by atoms with Gasteiger partial charge in [-0.25, -0.2) is 0 Å². The first-order chi connectivity index (χ1) is 9.11. The summed E-state index contributed by atoms with van der Waals surface area (Å²) < 4.78 is 0. The summed E-state index contributed by atoms with van der Waals surface area (Å²) in [6.07, 6.45) is 1.85. The van der Waals surface area contributed by atoms with Crippen LogP contribution in [-0.2, 0) is 0 Å². The largest absolute Gasteiger partial charge is 0.456 e. The molecule has 0 radical (unpaired) electrons. The van der Waals surface area contributed by atoms with Crippen molar-refractivity contribution >= 4 is 17.1 Å². The number of likely N-dealkylation sites (tertiary alicyclic amines) is 1. The molecule has 0 amide bonds. The zero-order valence-electron chi connectivity index (χ0n) is 11.9. The number of oxime groups is 1. The molecule has 0 bridgehead atoms. The van der Waals surface area contributed by atoms with Gasteiger partial charge in [0.25, 0.3) is 0 Å². The van der Waals surface area contributed by atoms with Crippen LogP contribution < -0.4 is 0 Å². The van der Waals surface area contributed by atoms with Crippen molar-refractivity contribution in [2.24, 2.45) is 10.1 Å². The van der Waals surface area contributed by atoms with E-state index in [1.54, 1.807) is 6.92 Å². The predicted octanol–water partition coefficient (Wildman–Crippen LogP) is 3.23. The van der Waals surface area contributed by atoms with Gasteiger partial charge in [-0.1, -0.05) is 30.3 Å². The van der Waals surface area contributed by atoms with Crippen LogP contribution in [0, 0.1) is 53.5 Å². The molecule has 1 heterocycles. The quantitative estimate of drug-likeness (QED) is 0.338. The normalized spacial score (nSPS) is 22.6. The molecule has 1 aromatic rings. The van der Waals surface area contributed by atoms with E-state index in [4.69, 9.17) is 10.2 Å². The van der Waals surface area contributed by atoms with Gasteiger partial charge in [0.2, 0.25) is 0 Å². The van der Waals surface area contributed by atoms with Gasteiger partial charge in [-0.2, -0.15) is 0 Å². The zero-order valence-corrected chi connectivity index (χ0v) is 13.6. The maximum atomic E-state index is 8.92. The van der Waals surface area contributed by atoms with Gasteiger partial charge in [-0.3, -0.25) is 11.5 Å². The third-order valence-electron chi connectivity index (χ3n) is 3.56. The number of rotatable bonds is 2. The number of benzene rings is 1. The Hall–Kier alpha value is -0.161. The SMILES string of the molecule is C/C(=N\O)c1ccccc1N=C1C[CH-]N(C)C(C)C1.[Yb]. The Morgan fingerprint density at radius 2 is 2.10 bits per heavy atom. The number of hydrogen-bond donors (Lipinski definition) is 1. The van der Waals surface area contributed by atoms with Gasteiger partial charge < -0.3 is 10.1 Å². The third kappa shape index (κ3) is 4.42. The zero-order chi connectivity index (χ0) is 13.8. The Morgan fingerprint density at radius 3 is 2.75 bits per heavy atom. The van der Waals surface area contributed by atoms with Crippen molar-refractivity contribution < 1.29 is 52.1 Å². The molecule has 0 saturated carbocycles. The van der Waals surface area contributed by atoms with E-state index in [-0.39, 0.29) is 46.9 Å². The topological polar surface area (TPSA) is 48.2 Å². The molecule has 2 rings (SSSR count). The Labute approximate surface area is 159 Å². The first-order valence-electron chi connectivity index (χ1n) is 6.51. The summed E-state index contributed by atoms with van der Waals surface area (Å²) in [6, 6.07) is 8.25.